The maximum Gasteiger partial charge on any atom is 0.229 e. The molecule has 8 N–H and O–H groups in total. The van der Waals surface area contributed by atoms with Crippen molar-refractivity contribution >= 4 is 5.78 Å². The van der Waals surface area contributed by atoms with Gasteiger partial charge in [-0.25, -0.2) is 0 Å². The van der Waals surface area contributed by atoms with Gasteiger partial charge in [-0.2, -0.15) is 0 Å². The number of aliphatic hydroxyl groups excluding tert-OH is 6. The number of benzene rings is 1. The van der Waals surface area contributed by atoms with E-state index in [0.29, 0.717) is 36.8 Å². The number of rotatable bonds is 8. The lowest BCUT2D eigenvalue weighted by molar-refractivity contribution is -0.277. The third-order valence-corrected chi connectivity index (χ3v) is 12.7. The topological polar surface area (TPSA) is 197 Å². The van der Waals surface area contributed by atoms with Gasteiger partial charge < -0.3 is 50.3 Å². The quantitative estimate of drug-likeness (QED) is 0.190. The van der Waals surface area contributed by atoms with Gasteiger partial charge in [0, 0.05) is 12.3 Å². The first kappa shape index (κ1) is 35.2. The highest BCUT2D eigenvalue weighted by molar-refractivity contribution is 5.93. The van der Waals surface area contributed by atoms with Gasteiger partial charge in [-0.1, -0.05) is 19.4 Å². The lowest BCUT2D eigenvalue weighted by atomic mass is 9.41. The summed E-state index contributed by atoms with van der Waals surface area (Å²) in [6.07, 6.45) is -7.48. The number of Topliss-reactive ketones (excluding diaryl/α,β-unsaturated/α-hetero) is 1. The van der Waals surface area contributed by atoms with Crippen LogP contribution in [0, 0.1) is 29.6 Å². The number of hydrogen-bond acceptors (Lipinski definition) is 11. The van der Waals surface area contributed by atoms with Crippen LogP contribution in [0.1, 0.15) is 83.4 Å². The molecule has 5 rings (SSSR count). The molecule has 4 aliphatic rings. The third kappa shape index (κ3) is 4.96. The van der Waals surface area contributed by atoms with Crippen LogP contribution in [0.4, 0.5) is 0 Å². The molecule has 13 atom stereocenters. The predicted octanol–water partition coefficient (Wildman–Crippen LogP) is 1.53. The van der Waals surface area contributed by atoms with Gasteiger partial charge in [-0.3, -0.25) is 4.79 Å². The van der Waals surface area contributed by atoms with E-state index in [2.05, 4.69) is 13.5 Å². The summed E-state index contributed by atoms with van der Waals surface area (Å²) in [5.74, 6) is -1.43. The molecule has 0 aromatic heterocycles. The number of carbonyl (C=O) groups is 1. The third-order valence-electron chi connectivity index (χ3n) is 12.7. The van der Waals surface area contributed by atoms with Gasteiger partial charge in [0.2, 0.25) is 6.29 Å². The van der Waals surface area contributed by atoms with Crippen LogP contribution in [0.15, 0.2) is 18.2 Å². The van der Waals surface area contributed by atoms with E-state index in [9.17, 15) is 45.6 Å². The number of phenolic OH excluding ortho intramolecular Hbond substituents is 1. The molecule has 3 fully saturated rings. The van der Waals surface area contributed by atoms with E-state index >= 15 is 0 Å². The molecule has 0 amide bonds. The smallest absolute Gasteiger partial charge is 0.229 e. The Labute approximate surface area is 270 Å². The summed E-state index contributed by atoms with van der Waals surface area (Å²) in [5.41, 5.74) is -1.38. The molecule has 1 saturated heterocycles. The molecule has 1 aliphatic heterocycles. The summed E-state index contributed by atoms with van der Waals surface area (Å²) in [6, 6.07) is 1.58. The highest BCUT2D eigenvalue weighted by atomic mass is 16.7. The van der Waals surface area contributed by atoms with E-state index < -0.39 is 77.3 Å². The summed E-state index contributed by atoms with van der Waals surface area (Å²) in [4.78, 5) is 14.6. The largest absolute Gasteiger partial charge is 0.504 e. The molecule has 11 heteroatoms. The summed E-state index contributed by atoms with van der Waals surface area (Å²) in [7, 11) is 0. The van der Waals surface area contributed by atoms with Gasteiger partial charge in [0.1, 0.15) is 30.2 Å². The van der Waals surface area contributed by atoms with Gasteiger partial charge in [0.05, 0.1) is 29.8 Å². The molecule has 1 heterocycles. The van der Waals surface area contributed by atoms with E-state index in [0.717, 1.165) is 11.1 Å². The first-order valence-corrected chi connectivity index (χ1v) is 16.4. The summed E-state index contributed by atoms with van der Waals surface area (Å²) in [5, 5.41) is 86.6. The maximum atomic E-state index is 14.6. The lowest BCUT2D eigenvalue weighted by Crippen LogP contribution is -2.64. The molecule has 1 aromatic rings. The second kappa shape index (κ2) is 11.8. The SMILES string of the molecule is C=C(C)CC[C@H](O)[C@](C)(O)[C@@H]1[C@H](O)C[C@@]2(C)[C@@H]3CCc4c(cc(O[C@@H]5O[C@H](CO)[C@@H](O)[C@H](O)[C@@H]5O)c(O)c4C)[C@]3(C)C(=O)C[C@]12C. The highest BCUT2D eigenvalue weighted by Crippen LogP contribution is 2.72. The standard InChI is InChI=1S/C35H52O11/c1-16(2)8-11-24(38)35(7,44)30-20(37)13-32(4)23-10-9-18-17(3)26(40)21(12-19(18)34(23,6)25(39)14-33(30,32)5)45-31-29(43)28(42)27(41)22(15-36)46-31/h12,20,22-24,27-31,36-38,40-44H,1,8-11,13-15H2,2-7H3/t20-,22-,23+,24+,27-,28+,29+,30-,31-,32+,33-,34+,35+/m1/s1. The lowest BCUT2D eigenvalue weighted by Gasteiger charge is -2.62. The minimum absolute atomic E-state index is 0.0455. The molecule has 46 heavy (non-hydrogen) atoms. The Morgan fingerprint density at radius 1 is 1.15 bits per heavy atom. The monoisotopic (exact) mass is 648 g/mol. The fourth-order valence-electron chi connectivity index (χ4n) is 9.90. The minimum Gasteiger partial charge on any atom is -0.504 e. The molecular weight excluding hydrogens is 596 g/mol. The van der Waals surface area contributed by atoms with Gasteiger partial charge in [-0.05, 0) is 99.3 Å². The predicted molar refractivity (Wildman–Crippen MR) is 167 cm³/mol. The van der Waals surface area contributed by atoms with Crippen molar-refractivity contribution in [3.05, 3.63) is 34.9 Å². The summed E-state index contributed by atoms with van der Waals surface area (Å²) >= 11 is 0. The maximum absolute atomic E-state index is 14.6. The molecular formula is C35H52O11. The van der Waals surface area contributed by atoms with Crippen LogP contribution in [-0.4, -0.2) is 102 Å². The van der Waals surface area contributed by atoms with Crippen molar-refractivity contribution in [2.75, 3.05) is 6.61 Å². The number of hydrogen-bond donors (Lipinski definition) is 8. The Morgan fingerprint density at radius 2 is 1.80 bits per heavy atom. The van der Waals surface area contributed by atoms with Gasteiger partial charge >= 0.3 is 0 Å². The minimum atomic E-state index is -1.69. The Morgan fingerprint density at radius 3 is 2.41 bits per heavy atom. The molecule has 0 unspecified atom stereocenters. The molecule has 11 nitrogen and oxygen atoms in total. The van der Waals surface area contributed by atoms with Gasteiger partial charge in [0.25, 0.3) is 0 Å². The number of carbonyl (C=O) groups excluding carboxylic acids is 1. The van der Waals surface area contributed by atoms with Gasteiger partial charge in [-0.15, -0.1) is 6.58 Å². The first-order chi connectivity index (χ1) is 21.3. The van der Waals surface area contributed by atoms with Crippen molar-refractivity contribution in [3.8, 4) is 11.5 Å². The van der Waals surface area contributed by atoms with Crippen molar-refractivity contribution in [1.82, 2.24) is 0 Å². The fraction of sp³-hybridized carbons (Fsp3) is 0.743. The Hall–Kier alpha value is -2.09. The van der Waals surface area contributed by atoms with Gasteiger partial charge in [0.15, 0.2) is 11.5 Å². The number of ether oxygens (including phenoxy) is 2. The van der Waals surface area contributed by atoms with Crippen LogP contribution < -0.4 is 4.74 Å². The second-order valence-electron chi connectivity index (χ2n) is 15.4. The van der Waals surface area contributed by atoms with E-state index in [1.165, 1.54) is 0 Å². The number of aromatic hydroxyl groups is 1. The van der Waals surface area contributed by atoms with Crippen molar-refractivity contribution in [2.24, 2.45) is 22.7 Å². The normalized spacial score (nSPS) is 42.4. The fourth-order valence-corrected chi connectivity index (χ4v) is 9.90. The van der Waals surface area contributed by atoms with E-state index in [1.807, 2.05) is 20.8 Å². The van der Waals surface area contributed by atoms with E-state index in [1.54, 1.807) is 19.9 Å². The van der Waals surface area contributed by atoms with Crippen LogP contribution >= 0.6 is 0 Å². The average Bonchev–Trinajstić information content (AvgIpc) is 3.19. The number of fused-ring (bicyclic) bond motifs is 5. The van der Waals surface area contributed by atoms with Crippen molar-refractivity contribution in [1.29, 1.82) is 0 Å². The zero-order valence-corrected chi connectivity index (χ0v) is 27.7. The zero-order chi connectivity index (χ0) is 34.3. The average molecular weight is 649 g/mol. The molecule has 1 aromatic carbocycles. The molecule has 0 bridgehead atoms. The van der Waals surface area contributed by atoms with Crippen molar-refractivity contribution in [3.63, 3.8) is 0 Å². The molecule has 2 saturated carbocycles. The number of aliphatic hydroxyl groups is 7. The Kier molecular flexibility index (Phi) is 9.04. The van der Waals surface area contributed by atoms with Crippen LogP contribution in [0.2, 0.25) is 0 Å². The Balaban J connectivity index is 1.54. The van der Waals surface area contributed by atoms with E-state index in [-0.39, 0.29) is 36.0 Å². The van der Waals surface area contributed by atoms with Crippen LogP contribution in [0.25, 0.3) is 0 Å². The Bertz CT molecular complexity index is 1370. The van der Waals surface area contributed by atoms with Crippen LogP contribution in [0.3, 0.4) is 0 Å². The summed E-state index contributed by atoms with van der Waals surface area (Å²) in [6.45, 7) is 14.3. The summed E-state index contributed by atoms with van der Waals surface area (Å²) < 4.78 is 11.4. The molecule has 3 aliphatic carbocycles. The molecule has 258 valence electrons. The van der Waals surface area contributed by atoms with Crippen molar-refractivity contribution < 1.29 is 55.1 Å². The number of phenols is 1. The highest BCUT2D eigenvalue weighted by Gasteiger charge is 2.73. The molecule has 0 spiro atoms. The van der Waals surface area contributed by atoms with E-state index in [4.69, 9.17) is 9.47 Å². The second-order valence-corrected chi connectivity index (χ2v) is 15.4. The number of ketones is 1. The molecule has 0 radical (unpaired) electrons. The first-order valence-electron chi connectivity index (χ1n) is 16.4. The number of allylic oxidation sites excluding steroid dienone is 1. The van der Waals surface area contributed by atoms with Crippen LogP contribution in [-0.2, 0) is 21.4 Å². The van der Waals surface area contributed by atoms with Crippen LogP contribution in [0.5, 0.6) is 11.5 Å². The van der Waals surface area contributed by atoms with Crippen molar-refractivity contribution in [2.45, 2.75) is 134 Å². The zero-order valence-electron chi connectivity index (χ0n) is 27.7.